The summed E-state index contributed by atoms with van der Waals surface area (Å²) in [7, 11) is 0. The summed E-state index contributed by atoms with van der Waals surface area (Å²) in [6.45, 7) is 3.57. The number of anilines is 2. The number of carbonyl (C=O) groups excluding carboxylic acids is 1. The van der Waals surface area contributed by atoms with E-state index in [0.29, 0.717) is 24.1 Å². The van der Waals surface area contributed by atoms with Gasteiger partial charge in [0.25, 0.3) is 0 Å². The molecule has 2 aromatic rings. The van der Waals surface area contributed by atoms with Gasteiger partial charge < -0.3 is 9.80 Å². The average molecular weight is 472 g/mol. The van der Waals surface area contributed by atoms with Crippen LogP contribution in [0.25, 0.3) is 0 Å². The minimum atomic E-state index is -4.29. The SMILES string of the molecule is CCC(N(c1ccc(C)cc1)C1CC2CCC(C1)N2c1ccc(C(=O)C2CC2)cn1)C(F)(F)F. The van der Waals surface area contributed by atoms with E-state index >= 15 is 0 Å². The molecule has 1 aromatic carbocycles. The number of pyridine rings is 1. The van der Waals surface area contributed by atoms with Crippen molar-refractivity contribution in [3.05, 3.63) is 53.7 Å². The Morgan fingerprint density at radius 1 is 1.06 bits per heavy atom. The van der Waals surface area contributed by atoms with Gasteiger partial charge >= 0.3 is 6.18 Å². The second kappa shape index (κ2) is 8.90. The summed E-state index contributed by atoms with van der Waals surface area (Å²) < 4.78 is 42.3. The summed E-state index contributed by atoms with van der Waals surface area (Å²) in [5.41, 5.74) is 2.34. The highest BCUT2D eigenvalue weighted by atomic mass is 19.4. The summed E-state index contributed by atoms with van der Waals surface area (Å²) >= 11 is 0. The van der Waals surface area contributed by atoms with Crippen molar-refractivity contribution < 1.29 is 18.0 Å². The Labute approximate surface area is 199 Å². The van der Waals surface area contributed by atoms with Gasteiger partial charge in [-0.1, -0.05) is 24.6 Å². The number of piperidine rings is 1. The maximum absolute atomic E-state index is 14.1. The molecule has 3 heterocycles. The van der Waals surface area contributed by atoms with Crippen LogP contribution in [0.5, 0.6) is 0 Å². The fourth-order valence-electron chi connectivity index (χ4n) is 5.96. The number of aryl methyl sites for hydroxylation is 1. The number of halogens is 3. The van der Waals surface area contributed by atoms with E-state index in [1.807, 2.05) is 43.3 Å². The standard InChI is InChI=1S/C27H32F3N3O/c1-3-24(27(28,29)30)32(20-9-4-17(2)5-10-20)23-14-21-11-12-22(15-23)33(21)25-13-8-19(16-31-25)26(34)18-6-7-18/h4-5,8-10,13,16,18,21-24H,3,6-7,11-12,14-15H2,1-2H3. The summed E-state index contributed by atoms with van der Waals surface area (Å²) in [6.07, 6.45) is 2.58. The van der Waals surface area contributed by atoms with E-state index in [0.717, 1.165) is 37.1 Å². The van der Waals surface area contributed by atoms with Gasteiger partial charge in [0.1, 0.15) is 11.9 Å². The molecule has 7 heteroatoms. The first-order valence-corrected chi connectivity index (χ1v) is 12.5. The quantitative estimate of drug-likeness (QED) is 0.442. The van der Waals surface area contributed by atoms with Crippen molar-refractivity contribution >= 4 is 17.3 Å². The molecule has 2 aliphatic heterocycles. The molecule has 3 atom stereocenters. The van der Waals surface area contributed by atoms with Gasteiger partial charge in [-0.25, -0.2) is 4.98 Å². The Morgan fingerprint density at radius 2 is 1.71 bits per heavy atom. The number of carbonyl (C=O) groups is 1. The van der Waals surface area contributed by atoms with Crippen molar-refractivity contribution in [3.63, 3.8) is 0 Å². The molecular formula is C27H32F3N3O. The number of benzene rings is 1. The van der Waals surface area contributed by atoms with Crippen LogP contribution in [0, 0.1) is 12.8 Å². The number of nitrogens with zero attached hydrogens (tertiary/aromatic N) is 3. The fraction of sp³-hybridized carbons (Fsp3) is 0.556. The third-order valence-electron chi connectivity index (χ3n) is 7.78. The van der Waals surface area contributed by atoms with E-state index in [4.69, 9.17) is 0 Å². The Balaban J connectivity index is 1.39. The predicted octanol–water partition coefficient (Wildman–Crippen LogP) is 6.33. The summed E-state index contributed by atoms with van der Waals surface area (Å²) in [5, 5.41) is 0. The van der Waals surface area contributed by atoms with Crippen LogP contribution >= 0.6 is 0 Å². The van der Waals surface area contributed by atoms with Crippen LogP contribution in [-0.2, 0) is 0 Å². The number of hydrogen-bond donors (Lipinski definition) is 0. The van der Waals surface area contributed by atoms with Crippen LogP contribution < -0.4 is 9.80 Å². The number of hydrogen-bond acceptors (Lipinski definition) is 4. The first kappa shape index (κ1) is 23.2. The Morgan fingerprint density at radius 3 is 2.21 bits per heavy atom. The van der Waals surface area contributed by atoms with Crippen LogP contribution in [0.2, 0.25) is 0 Å². The molecule has 2 bridgehead atoms. The highest BCUT2D eigenvalue weighted by molar-refractivity contribution is 5.99. The van der Waals surface area contributed by atoms with Crippen LogP contribution in [0.3, 0.4) is 0 Å². The first-order valence-electron chi connectivity index (χ1n) is 12.5. The number of aromatic nitrogens is 1. The van der Waals surface area contributed by atoms with E-state index in [1.54, 1.807) is 18.0 Å². The third-order valence-corrected chi connectivity index (χ3v) is 7.78. The molecule has 0 N–H and O–H groups in total. The van der Waals surface area contributed by atoms with Gasteiger partial charge in [-0.2, -0.15) is 13.2 Å². The monoisotopic (exact) mass is 471 g/mol. The number of fused-ring (bicyclic) bond motifs is 2. The molecule has 1 aliphatic carbocycles. The zero-order valence-corrected chi connectivity index (χ0v) is 19.8. The Bertz CT molecular complexity index is 1000. The van der Waals surface area contributed by atoms with Crippen LogP contribution in [0.1, 0.15) is 67.8 Å². The van der Waals surface area contributed by atoms with Gasteiger partial charge in [0, 0.05) is 41.5 Å². The van der Waals surface area contributed by atoms with E-state index in [-0.39, 0.29) is 36.2 Å². The fourth-order valence-corrected chi connectivity index (χ4v) is 5.96. The third kappa shape index (κ3) is 4.41. The van der Waals surface area contributed by atoms with Crippen molar-refractivity contribution in [2.75, 3.05) is 9.80 Å². The van der Waals surface area contributed by atoms with Crippen LogP contribution in [0.4, 0.5) is 24.7 Å². The lowest BCUT2D eigenvalue weighted by atomic mass is 9.93. The number of rotatable bonds is 7. The maximum Gasteiger partial charge on any atom is 0.408 e. The largest absolute Gasteiger partial charge is 0.408 e. The van der Waals surface area contributed by atoms with Gasteiger partial charge in [-0.3, -0.25) is 4.79 Å². The van der Waals surface area contributed by atoms with Crippen molar-refractivity contribution in [3.8, 4) is 0 Å². The highest BCUT2D eigenvalue weighted by Gasteiger charge is 2.49. The normalized spacial score (nSPS) is 25.3. The topological polar surface area (TPSA) is 36.4 Å². The van der Waals surface area contributed by atoms with Crippen LogP contribution in [-0.4, -0.2) is 41.1 Å². The van der Waals surface area contributed by atoms with Gasteiger partial charge in [0.15, 0.2) is 5.78 Å². The molecule has 3 aliphatic rings. The molecule has 0 amide bonds. The second-order valence-electron chi connectivity index (χ2n) is 10.2. The smallest absolute Gasteiger partial charge is 0.357 e. The summed E-state index contributed by atoms with van der Waals surface area (Å²) in [6, 6.07) is 9.85. The molecule has 5 rings (SSSR count). The van der Waals surface area contributed by atoms with E-state index in [2.05, 4.69) is 9.88 Å². The molecule has 34 heavy (non-hydrogen) atoms. The van der Waals surface area contributed by atoms with Crippen molar-refractivity contribution in [1.82, 2.24) is 4.98 Å². The number of ketones is 1. The molecule has 3 unspecified atom stereocenters. The molecule has 1 aromatic heterocycles. The average Bonchev–Trinajstić information content (AvgIpc) is 3.62. The molecule has 1 saturated carbocycles. The summed E-state index contributed by atoms with van der Waals surface area (Å²) in [4.78, 5) is 20.9. The van der Waals surface area contributed by atoms with E-state index < -0.39 is 12.2 Å². The zero-order valence-electron chi connectivity index (χ0n) is 19.8. The first-order chi connectivity index (χ1) is 16.3. The molecule has 4 nitrogen and oxygen atoms in total. The van der Waals surface area contributed by atoms with Crippen molar-refractivity contribution in [1.29, 1.82) is 0 Å². The molecule has 2 saturated heterocycles. The molecular weight excluding hydrogens is 439 g/mol. The van der Waals surface area contributed by atoms with Gasteiger partial charge in [0.2, 0.25) is 0 Å². The lowest BCUT2D eigenvalue weighted by molar-refractivity contribution is -0.151. The minimum Gasteiger partial charge on any atom is -0.357 e. The second-order valence-corrected chi connectivity index (χ2v) is 10.2. The molecule has 0 spiro atoms. The Kier molecular flexibility index (Phi) is 6.07. The zero-order chi connectivity index (χ0) is 24.0. The van der Waals surface area contributed by atoms with Crippen LogP contribution in [0.15, 0.2) is 42.6 Å². The van der Waals surface area contributed by atoms with Gasteiger partial charge in [-0.05, 0) is 76.1 Å². The summed E-state index contributed by atoms with van der Waals surface area (Å²) in [5.74, 6) is 1.17. The van der Waals surface area contributed by atoms with Gasteiger partial charge in [-0.15, -0.1) is 0 Å². The van der Waals surface area contributed by atoms with Gasteiger partial charge in [0.05, 0.1) is 0 Å². The predicted molar refractivity (Wildman–Crippen MR) is 127 cm³/mol. The molecule has 3 fully saturated rings. The van der Waals surface area contributed by atoms with E-state index in [1.165, 1.54) is 0 Å². The molecule has 182 valence electrons. The van der Waals surface area contributed by atoms with E-state index in [9.17, 15) is 18.0 Å². The minimum absolute atomic E-state index is 0.0188. The molecule has 0 radical (unpaired) electrons. The number of Topliss-reactive ketones (excluding diaryl/α,β-unsaturated/α-hetero) is 1. The number of alkyl halides is 3. The van der Waals surface area contributed by atoms with Crippen molar-refractivity contribution in [2.24, 2.45) is 5.92 Å². The highest BCUT2D eigenvalue weighted by Crippen LogP contribution is 2.43. The lowest BCUT2D eigenvalue weighted by Gasteiger charge is -2.47. The Hall–Kier alpha value is -2.57. The lowest BCUT2D eigenvalue weighted by Crippen LogP contribution is -2.57. The maximum atomic E-state index is 14.1. The van der Waals surface area contributed by atoms with Crippen molar-refractivity contribution in [2.45, 2.75) is 89.1 Å².